The van der Waals surface area contributed by atoms with Crippen molar-refractivity contribution in [1.82, 2.24) is 4.90 Å². The van der Waals surface area contributed by atoms with E-state index in [4.69, 9.17) is 0 Å². The normalized spacial score (nSPS) is 31.0. The van der Waals surface area contributed by atoms with Crippen LogP contribution in [0.15, 0.2) is 15.9 Å². The lowest BCUT2D eigenvalue weighted by Gasteiger charge is -2.15. The maximum Gasteiger partial charge on any atom is 0.0328 e. The van der Waals surface area contributed by atoms with Crippen molar-refractivity contribution in [3.8, 4) is 0 Å². The summed E-state index contributed by atoms with van der Waals surface area (Å²) in [6.45, 7) is 3.86. The van der Waals surface area contributed by atoms with E-state index in [1.54, 1.807) is 0 Å². The zero-order chi connectivity index (χ0) is 10.3. The Morgan fingerprint density at radius 1 is 1.33 bits per heavy atom. The SMILES string of the molecule is Brc1csc(CN2CC3CCCC3C2)c1. The molecule has 2 fully saturated rings. The van der Waals surface area contributed by atoms with Crippen molar-refractivity contribution >= 4 is 27.3 Å². The fraction of sp³-hybridized carbons (Fsp3) is 0.667. The van der Waals surface area contributed by atoms with Crippen molar-refractivity contribution in [2.45, 2.75) is 25.8 Å². The van der Waals surface area contributed by atoms with Crippen molar-refractivity contribution in [2.75, 3.05) is 13.1 Å². The zero-order valence-electron chi connectivity index (χ0n) is 8.79. The zero-order valence-corrected chi connectivity index (χ0v) is 11.2. The maximum absolute atomic E-state index is 3.52. The van der Waals surface area contributed by atoms with Crippen molar-refractivity contribution < 1.29 is 0 Å². The lowest BCUT2D eigenvalue weighted by atomic mass is 10.0. The molecule has 2 atom stereocenters. The monoisotopic (exact) mass is 285 g/mol. The number of thiophene rings is 1. The number of hydrogen-bond acceptors (Lipinski definition) is 2. The first-order chi connectivity index (χ1) is 7.31. The minimum Gasteiger partial charge on any atom is -0.298 e. The minimum atomic E-state index is 1.02. The molecule has 1 aliphatic heterocycles. The van der Waals surface area contributed by atoms with Crippen LogP contribution in [0.2, 0.25) is 0 Å². The third-order valence-corrected chi connectivity index (χ3v) is 5.49. The molecule has 1 nitrogen and oxygen atoms in total. The van der Waals surface area contributed by atoms with E-state index in [1.165, 1.54) is 48.2 Å². The second-order valence-corrected chi connectivity index (χ2v) is 6.79. The first-order valence-electron chi connectivity index (χ1n) is 5.76. The summed E-state index contributed by atoms with van der Waals surface area (Å²) in [5, 5.41) is 2.19. The smallest absolute Gasteiger partial charge is 0.0328 e. The van der Waals surface area contributed by atoms with Gasteiger partial charge < -0.3 is 0 Å². The van der Waals surface area contributed by atoms with E-state index in [0.29, 0.717) is 0 Å². The van der Waals surface area contributed by atoms with Gasteiger partial charge in [-0.15, -0.1) is 11.3 Å². The minimum absolute atomic E-state index is 1.02. The van der Waals surface area contributed by atoms with Gasteiger partial charge in [-0.3, -0.25) is 4.90 Å². The molecule has 2 heterocycles. The molecule has 3 rings (SSSR count). The highest BCUT2D eigenvalue weighted by atomic mass is 79.9. The fourth-order valence-corrected chi connectivity index (χ4v) is 4.61. The summed E-state index contributed by atoms with van der Waals surface area (Å²) in [5.74, 6) is 2.04. The molecule has 1 saturated heterocycles. The Hall–Kier alpha value is 0.140. The highest BCUT2D eigenvalue weighted by Gasteiger charge is 2.35. The Morgan fingerprint density at radius 2 is 2.07 bits per heavy atom. The average molecular weight is 286 g/mol. The predicted octanol–water partition coefficient (Wildman–Crippen LogP) is 3.74. The molecule has 3 heteroatoms. The van der Waals surface area contributed by atoms with Crippen LogP contribution in [0.3, 0.4) is 0 Å². The molecule has 82 valence electrons. The van der Waals surface area contributed by atoms with Crippen LogP contribution in [0.1, 0.15) is 24.1 Å². The van der Waals surface area contributed by atoms with Gasteiger partial charge in [0.25, 0.3) is 0 Å². The van der Waals surface area contributed by atoms with E-state index < -0.39 is 0 Å². The van der Waals surface area contributed by atoms with E-state index in [-0.39, 0.29) is 0 Å². The van der Waals surface area contributed by atoms with Gasteiger partial charge in [0.1, 0.15) is 0 Å². The van der Waals surface area contributed by atoms with E-state index in [1.807, 2.05) is 11.3 Å². The van der Waals surface area contributed by atoms with Gasteiger partial charge >= 0.3 is 0 Å². The number of nitrogens with zero attached hydrogens (tertiary/aromatic N) is 1. The molecule has 0 spiro atoms. The molecule has 1 saturated carbocycles. The van der Waals surface area contributed by atoms with Crippen molar-refractivity contribution in [3.05, 3.63) is 20.8 Å². The van der Waals surface area contributed by atoms with E-state index in [0.717, 1.165) is 11.8 Å². The van der Waals surface area contributed by atoms with E-state index in [2.05, 4.69) is 32.3 Å². The van der Waals surface area contributed by atoms with Crippen LogP contribution in [0, 0.1) is 11.8 Å². The van der Waals surface area contributed by atoms with Gasteiger partial charge in [0.2, 0.25) is 0 Å². The second kappa shape index (κ2) is 4.19. The Morgan fingerprint density at radius 3 is 2.67 bits per heavy atom. The second-order valence-electron chi connectivity index (χ2n) is 4.88. The van der Waals surface area contributed by atoms with Crippen LogP contribution in [0.25, 0.3) is 0 Å². The third-order valence-electron chi connectivity index (χ3n) is 3.80. The Labute approximate surface area is 104 Å². The average Bonchev–Trinajstić information content (AvgIpc) is 2.81. The molecule has 1 aromatic rings. The molecule has 0 N–H and O–H groups in total. The number of likely N-dealkylation sites (tertiary alicyclic amines) is 1. The largest absolute Gasteiger partial charge is 0.298 e. The van der Waals surface area contributed by atoms with Gasteiger partial charge in [-0.1, -0.05) is 6.42 Å². The van der Waals surface area contributed by atoms with Crippen LogP contribution in [0.5, 0.6) is 0 Å². The maximum atomic E-state index is 3.52. The lowest BCUT2D eigenvalue weighted by Crippen LogP contribution is -2.20. The molecule has 1 aromatic heterocycles. The first kappa shape index (κ1) is 10.3. The summed E-state index contributed by atoms with van der Waals surface area (Å²) >= 11 is 5.40. The molecular weight excluding hydrogens is 270 g/mol. The molecule has 2 unspecified atom stereocenters. The lowest BCUT2D eigenvalue weighted by molar-refractivity contribution is 0.306. The third kappa shape index (κ3) is 2.15. The molecule has 1 aliphatic carbocycles. The summed E-state index contributed by atoms with van der Waals surface area (Å²) in [7, 11) is 0. The Kier molecular flexibility index (Phi) is 2.88. The van der Waals surface area contributed by atoms with Crippen LogP contribution in [-0.2, 0) is 6.54 Å². The van der Waals surface area contributed by atoms with Gasteiger partial charge in [0.15, 0.2) is 0 Å². The first-order valence-corrected chi connectivity index (χ1v) is 7.44. The summed E-state index contributed by atoms with van der Waals surface area (Å²) < 4.78 is 1.24. The van der Waals surface area contributed by atoms with Crippen molar-refractivity contribution in [3.63, 3.8) is 0 Å². The topological polar surface area (TPSA) is 3.24 Å². The number of rotatable bonds is 2. The van der Waals surface area contributed by atoms with Crippen LogP contribution >= 0.6 is 27.3 Å². The number of fused-ring (bicyclic) bond motifs is 1. The molecule has 15 heavy (non-hydrogen) atoms. The summed E-state index contributed by atoms with van der Waals surface area (Å²) in [6, 6.07) is 2.26. The van der Waals surface area contributed by atoms with Crippen molar-refractivity contribution in [1.29, 1.82) is 0 Å². The summed E-state index contributed by atoms with van der Waals surface area (Å²) in [5.41, 5.74) is 0. The molecule has 0 amide bonds. The molecule has 0 bridgehead atoms. The van der Waals surface area contributed by atoms with Gasteiger partial charge in [-0.05, 0) is 46.7 Å². The summed E-state index contributed by atoms with van der Waals surface area (Å²) in [4.78, 5) is 4.15. The van der Waals surface area contributed by atoms with E-state index in [9.17, 15) is 0 Å². The van der Waals surface area contributed by atoms with Gasteiger partial charge in [0.05, 0.1) is 0 Å². The highest BCUT2D eigenvalue weighted by molar-refractivity contribution is 9.10. The van der Waals surface area contributed by atoms with E-state index >= 15 is 0 Å². The molecule has 0 radical (unpaired) electrons. The van der Waals surface area contributed by atoms with Crippen molar-refractivity contribution in [2.24, 2.45) is 11.8 Å². The number of halogens is 1. The molecule has 0 aromatic carbocycles. The number of hydrogen-bond donors (Lipinski definition) is 0. The molecular formula is C12H16BrNS. The quantitative estimate of drug-likeness (QED) is 0.800. The standard InChI is InChI=1S/C12H16BrNS/c13-11-4-12(15-8-11)7-14-5-9-2-1-3-10(9)6-14/h4,8-10H,1-3,5-7H2. The van der Waals surface area contributed by atoms with Gasteiger partial charge in [-0.25, -0.2) is 0 Å². The van der Waals surface area contributed by atoms with Crippen LogP contribution in [0.4, 0.5) is 0 Å². The highest BCUT2D eigenvalue weighted by Crippen LogP contribution is 2.38. The Bertz CT molecular complexity index is 337. The predicted molar refractivity (Wildman–Crippen MR) is 68.1 cm³/mol. The van der Waals surface area contributed by atoms with Crippen LogP contribution < -0.4 is 0 Å². The summed E-state index contributed by atoms with van der Waals surface area (Å²) in [6.07, 6.45) is 4.44. The Balaban J connectivity index is 1.61. The molecule has 2 aliphatic rings. The van der Waals surface area contributed by atoms with Crippen LogP contribution in [-0.4, -0.2) is 18.0 Å². The van der Waals surface area contributed by atoms with Gasteiger partial charge in [0, 0.05) is 34.4 Å². The fourth-order valence-electron chi connectivity index (χ4n) is 3.12. The van der Waals surface area contributed by atoms with Gasteiger partial charge in [-0.2, -0.15) is 0 Å².